The zero-order valence-electron chi connectivity index (χ0n) is 13.4. The van der Waals surface area contributed by atoms with Crippen LogP contribution in [0, 0.1) is 5.41 Å². The van der Waals surface area contributed by atoms with E-state index >= 15 is 0 Å². The van der Waals surface area contributed by atoms with Crippen LogP contribution in [0.1, 0.15) is 46.5 Å². The molecule has 0 unspecified atom stereocenters. The van der Waals surface area contributed by atoms with Crippen molar-refractivity contribution in [2.24, 2.45) is 5.41 Å². The van der Waals surface area contributed by atoms with E-state index in [0.29, 0.717) is 5.41 Å². The van der Waals surface area contributed by atoms with Crippen LogP contribution in [0.3, 0.4) is 0 Å². The van der Waals surface area contributed by atoms with Crippen LogP contribution < -0.4 is 10.2 Å². The molecule has 0 radical (unpaired) electrons. The van der Waals surface area contributed by atoms with Gasteiger partial charge in [0.05, 0.1) is 0 Å². The molecule has 0 heterocycles. The molecule has 1 aromatic rings. The Balaban J connectivity index is 2.03. The fraction of sp³-hybridized carbons (Fsp3) is 0.667. The van der Waals surface area contributed by atoms with Gasteiger partial charge in [0.2, 0.25) is 0 Å². The molecule has 112 valence electrons. The molecule has 0 atom stereocenters. The highest BCUT2D eigenvalue weighted by Gasteiger charge is 2.31. The van der Waals surface area contributed by atoms with Gasteiger partial charge < -0.3 is 10.2 Å². The minimum atomic E-state index is 0.397. The highest BCUT2D eigenvalue weighted by Crippen LogP contribution is 2.31. The molecule has 0 saturated heterocycles. The van der Waals surface area contributed by atoms with Gasteiger partial charge in [0.25, 0.3) is 0 Å². The van der Waals surface area contributed by atoms with E-state index in [1.165, 1.54) is 31.4 Å². The molecular weight excluding hydrogens is 244 g/mol. The third kappa shape index (κ3) is 3.99. The van der Waals surface area contributed by atoms with Crippen LogP contribution in [-0.4, -0.2) is 25.7 Å². The molecule has 0 amide bonds. The fourth-order valence-electron chi connectivity index (χ4n) is 2.86. The van der Waals surface area contributed by atoms with E-state index in [4.69, 9.17) is 0 Å². The Kier molecular flexibility index (Phi) is 5.47. The van der Waals surface area contributed by atoms with Crippen molar-refractivity contribution in [3.05, 3.63) is 30.3 Å². The fourth-order valence-corrected chi connectivity index (χ4v) is 2.86. The van der Waals surface area contributed by atoms with E-state index in [0.717, 1.165) is 25.7 Å². The Labute approximate surface area is 124 Å². The summed E-state index contributed by atoms with van der Waals surface area (Å²) in [5.74, 6) is 0. The molecular formula is C18H30N2. The lowest BCUT2D eigenvalue weighted by molar-refractivity contribution is 0.252. The predicted molar refractivity (Wildman–Crippen MR) is 88.4 cm³/mol. The van der Waals surface area contributed by atoms with E-state index in [1.54, 1.807) is 0 Å². The molecule has 0 aromatic heterocycles. The Morgan fingerprint density at radius 3 is 2.25 bits per heavy atom. The van der Waals surface area contributed by atoms with Crippen molar-refractivity contribution < 1.29 is 0 Å². The maximum atomic E-state index is 3.75. The van der Waals surface area contributed by atoms with Gasteiger partial charge in [-0.3, -0.25) is 0 Å². The van der Waals surface area contributed by atoms with Crippen molar-refractivity contribution in [1.29, 1.82) is 0 Å². The summed E-state index contributed by atoms with van der Waals surface area (Å²) in [7, 11) is 0. The van der Waals surface area contributed by atoms with Gasteiger partial charge in [-0.2, -0.15) is 0 Å². The van der Waals surface area contributed by atoms with E-state index in [1.807, 2.05) is 0 Å². The molecule has 1 aliphatic carbocycles. The van der Waals surface area contributed by atoms with E-state index in [9.17, 15) is 0 Å². The van der Waals surface area contributed by atoms with E-state index in [2.05, 4.69) is 61.3 Å². The number of rotatable bonds is 9. The monoisotopic (exact) mass is 274 g/mol. The second-order valence-corrected chi connectivity index (χ2v) is 6.21. The predicted octanol–water partition coefficient (Wildman–Crippen LogP) is 4.07. The van der Waals surface area contributed by atoms with Crippen LogP contribution in [0.4, 0.5) is 5.69 Å². The highest BCUT2D eigenvalue weighted by molar-refractivity contribution is 5.46. The smallest absolute Gasteiger partial charge is 0.0366 e. The summed E-state index contributed by atoms with van der Waals surface area (Å²) in [5.41, 5.74) is 1.75. The third-order valence-electron chi connectivity index (χ3n) is 4.87. The van der Waals surface area contributed by atoms with Gasteiger partial charge in [0, 0.05) is 31.4 Å². The molecule has 0 spiro atoms. The van der Waals surface area contributed by atoms with Crippen molar-refractivity contribution in [3.8, 4) is 0 Å². The van der Waals surface area contributed by atoms with Crippen LogP contribution in [0.2, 0.25) is 0 Å². The van der Waals surface area contributed by atoms with Gasteiger partial charge >= 0.3 is 0 Å². The standard InChI is InChI=1S/C18H30N2/c1-4-18(5-2,14-19-16-12-13-16)15-20(6-3)17-10-8-7-9-11-17/h7-11,16,19H,4-6,12-15H2,1-3H3. The quantitative estimate of drug-likeness (QED) is 0.730. The van der Waals surface area contributed by atoms with Crippen LogP contribution in [0.25, 0.3) is 0 Å². The maximum absolute atomic E-state index is 3.75. The molecule has 2 nitrogen and oxygen atoms in total. The van der Waals surface area contributed by atoms with E-state index < -0.39 is 0 Å². The normalized spacial score (nSPS) is 15.3. The molecule has 2 rings (SSSR count). The zero-order chi connectivity index (χ0) is 14.4. The molecule has 1 aliphatic rings. The molecule has 1 fully saturated rings. The lowest BCUT2D eigenvalue weighted by Crippen LogP contribution is -2.44. The van der Waals surface area contributed by atoms with Crippen molar-refractivity contribution in [3.63, 3.8) is 0 Å². The second kappa shape index (κ2) is 7.12. The minimum absolute atomic E-state index is 0.397. The van der Waals surface area contributed by atoms with Gasteiger partial charge in [-0.05, 0) is 50.2 Å². The summed E-state index contributed by atoms with van der Waals surface area (Å²) >= 11 is 0. The summed E-state index contributed by atoms with van der Waals surface area (Å²) in [6, 6.07) is 11.6. The second-order valence-electron chi connectivity index (χ2n) is 6.21. The number of nitrogens with one attached hydrogen (secondary N) is 1. The largest absolute Gasteiger partial charge is 0.371 e. The first-order chi connectivity index (χ1) is 9.73. The van der Waals surface area contributed by atoms with Gasteiger partial charge in [-0.15, -0.1) is 0 Å². The number of nitrogens with zero attached hydrogens (tertiary/aromatic N) is 1. The van der Waals surface area contributed by atoms with Crippen LogP contribution in [-0.2, 0) is 0 Å². The summed E-state index contributed by atoms with van der Waals surface area (Å²) in [4.78, 5) is 2.53. The Morgan fingerprint density at radius 2 is 1.75 bits per heavy atom. The highest BCUT2D eigenvalue weighted by atomic mass is 15.1. The molecule has 2 heteroatoms. The molecule has 20 heavy (non-hydrogen) atoms. The number of hydrogen-bond acceptors (Lipinski definition) is 2. The molecule has 1 saturated carbocycles. The van der Waals surface area contributed by atoms with Gasteiger partial charge in [-0.1, -0.05) is 32.0 Å². The minimum Gasteiger partial charge on any atom is -0.371 e. The van der Waals surface area contributed by atoms with Gasteiger partial charge in [-0.25, -0.2) is 0 Å². The summed E-state index contributed by atoms with van der Waals surface area (Å²) in [5, 5.41) is 3.75. The SMILES string of the molecule is CCN(CC(CC)(CC)CNC1CC1)c1ccccc1. The van der Waals surface area contributed by atoms with Gasteiger partial charge in [0.15, 0.2) is 0 Å². The average Bonchev–Trinajstić information content (AvgIpc) is 3.33. The number of para-hydroxylation sites is 1. The Hall–Kier alpha value is -1.02. The van der Waals surface area contributed by atoms with Crippen molar-refractivity contribution in [1.82, 2.24) is 5.32 Å². The molecule has 0 aliphatic heterocycles. The third-order valence-corrected chi connectivity index (χ3v) is 4.87. The zero-order valence-corrected chi connectivity index (χ0v) is 13.4. The summed E-state index contributed by atoms with van der Waals surface area (Å²) in [6.45, 7) is 10.3. The lowest BCUT2D eigenvalue weighted by Gasteiger charge is -2.38. The van der Waals surface area contributed by atoms with Crippen molar-refractivity contribution in [2.45, 2.75) is 52.5 Å². The topological polar surface area (TPSA) is 15.3 Å². The first-order valence-corrected chi connectivity index (χ1v) is 8.26. The number of anilines is 1. The van der Waals surface area contributed by atoms with Crippen molar-refractivity contribution in [2.75, 3.05) is 24.5 Å². The Morgan fingerprint density at radius 1 is 1.10 bits per heavy atom. The average molecular weight is 274 g/mol. The Bertz CT molecular complexity index is 380. The van der Waals surface area contributed by atoms with Crippen LogP contribution in [0.5, 0.6) is 0 Å². The maximum Gasteiger partial charge on any atom is 0.0366 e. The number of hydrogen-bond donors (Lipinski definition) is 1. The summed E-state index contributed by atoms with van der Waals surface area (Å²) < 4.78 is 0. The lowest BCUT2D eigenvalue weighted by atomic mass is 9.81. The first-order valence-electron chi connectivity index (χ1n) is 8.26. The van der Waals surface area contributed by atoms with Crippen LogP contribution in [0.15, 0.2) is 30.3 Å². The van der Waals surface area contributed by atoms with E-state index in [-0.39, 0.29) is 0 Å². The molecule has 1 aromatic carbocycles. The molecule has 0 bridgehead atoms. The van der Waals surface area contributed by atoms with Crippen molar-refractivity contribution >= 4 is 5.69 Å². The molecule has 1 N–H and O–H groups in total. The number of benzene rings is 1. The van der Waals surface area contributed by atoms with Gasteiger partial charge in [0.1, 0.15) is 0 Å². The van der Waals surface area contributed by atoms with Crippen LogP contribution >= 0.6 is 0 Å². The summed E-state index contributed by atoms with van der Waals surface area (Å²) in [6.07, 6.45) is 5.23. The first kappa shape index (κ1) is 15.4.